The van der Waals surface area contributed by atoms with Gasteiger partial charge in [0.25, 0.3) is 0 Å². The minimum absolute atomic E-state index is 0.0474. The maximum Gasteiger partial charge on any atom is 0.407 e. The van der Waals surface area contributed by atoms with Gasteiger partial charge < -0.3 is 39.9 Å². The van der Waals surface area contributed by atoms with E-state index in [1.165, 1.54) is 12.7 Å². The second-order valence-corrected chi connectivity index (χ2v) is 17.2. The minimum Gasteiger partial charge on any atom is -0.488 e. The largest absolute Gasteiger partial charge is 0.488 e. The summed E-state index contributed by atoms with van der Waals surface area (Å²) < 4.78 is 11.2. The van der Waals surface area contributed by atoms with E-state index in [0.717, 1.165) is 101 Å². The van der Waals surface area contributed by atoms with Crippen LogP contribution in [0.25, 0.3) is 33.6 Å². The lowest BCUT2D eigenvalue weighted by Crippen LogP contribution is -2.51. The predicted octanol–water partition coefficient (Wildman–Crippen LogP) is 6.79. The van der Waals surface area contributed by atoms with Crippen molar-refractivity contribution >= 4 is 23.8 Å². The van der Waals surface area contributed by atoms with Crippen molar-refractivity contribution in [3.8, 4) is 51.7 Å². The van der Waals surface area contributed by atoms with E-state index in [9.17, 15) is 19.2 Å². The minimum atomic E-state index is -0.832. The summed E-state index contributed by atoms with van der Waals surface area (Å²) in [4.78, 5) is 73.2. The highest BCUT2D eigenvalue weighted by molar-refractivity contribution is 5.90. The number of aromatic nitrogens is 4. The molecule has 5 aromatic rings. The number of hydrogen-bond acceptors (Lipinski definition) is 8. The Balaban J connectivity index is 0.924. The summed E-state index contributed by atoms with van der Waals surface area (Å²) in [7, 11) is 1.30. The van der Waals surface area contributed by atoms with Crippen LogP contribution >= 0.6 is 0 Å². The number of imidazole rings is 2. The Kier molecular flexibility index (Phi) is 11.5. The van der Waals surface area contributed by atoms with E-state index in [1.807, 2.05) is 49.1 Å². The van der Waals surface area contributed by atoms with Crippen molar-refractivity contribution < 1.29 is 28.7 Å². The summed E-state index contributed by atoms with van der Waals surface area (Å²) in [6, 6.07) is 18.2. The molecule has 63 heavy (non-hydrogen) atoms. The number of rotatable bonds is 13. The quantitative estimate of drug-likeness (QED) is 0.0938. The monoisotopic (exact) mass is 848 g/mol. The number of H-pyrrole nitrogens is 2. The summed E-state index contributed by atoms with van der Waals surface area (Å²) in [6.45, 7) is 5.30. The van der Waals surface area contributed by atoms with Crippen LogP contribution in [-0.4, -0.2) is 79.8 Å². The molecule has 324 valence electrons. The molecule has 2 fully saturated rings. The van der Waals surface area contributed by atoms with Crippen molar-refractivity contribution in [2.45, 2.75) is 90.1 Å². The fourth-order valence-electron chi connectivity index (χ4n) is 9.08. The van der Waals surface area contributed by atoms with E-state index in [2.05, 4.69) is 61.8 Å². The number of nitrogens with zero attached hydrogens (tertiary/aromatic N) is 4. The molecule has 0 bridgehead atoms. The Morgan fingerprint density at radius 1 is 0.984 bits per heavy atom. The number of ether oxygens (including phenoxy) is 2. The van der Waals surface area contributed by atoms with Crippen LogP contribution in [0.5, 0.6) is 5.75 Å². The van der Waals surface area contributed by atoms with E-state index in [-0.39, 0.29) is 42.1 Å². The van der Waals surface area contributed by atoms with E-state index < -0.39 is 18.2 Å². The van der Waals surface area contributed by atoms with Gasteiger partial charge >= 0.3 is 6.09 Å². The lowest BCUT2D eigenvalue weighted by atomic mass is 9.86. The zero-order chi connectivity index (χ0) is 43.8. The molecular weight excluding hydrogens is 797 g/mol. The lowest BCUT2D eigenvalue weighted by molar-refractivity contribution is -0.137. The molecule has 3 aromatic carbocycles. The van der Waals surface area contributed by atoms with Gasteiger partial charge in [-0.2, -0.15) is 0 Å². The highest BCUT2D eigenvalue weighted by Crippen LogP contribution is 2.45. The summed E-state index contributed by atoms with van der Waals surface area (Å²) in [5.41, 5.74) is 9.78. The highest BCUT2D eigenvalue weighted by Gasteiger charge is 2.39. The zero-order valence-corrected chi connectivity index (χ0v) is 35.8. The average Bonchev–Trinajstić information content (AvgIpc) is 3.63. The van der Waals surface area contributed by atoms with Crippen LogP contribution in [0.15, 0.2) is 66.9 Å². The molecule has 0 spiro atoms. The molecule has 4 heterocycles. The number of aromatic amines is 2. The average molecular weight is 849 g/mol. The first kappa shape index (κ1) is 41.5. The van der Waals surface area contributed by atoms with Crippen LogP contribution in [-0.2, 0) is 45.1 Å². The Bertz CT molecular complexity index is 2600. The van der Waals surface area contributed by atoms with Gasteiger partial charge in [0.2, 0.25) is 17.7 Å². The number of hydrogen-bond donors (Lipinski definition) is 4. The van der Waals surface area contributed by atoms with Gasteiger partial charge in [-0.15, -0.1) is 12.3 Å². The topological polar surface area (TPSA) is 175 Å². The molecule has 3 unspecified atom stereocenters. The molecule has 2 aromatic heterocycles. The second kappa shape index (κ2) is 17.5. The van der Waals surface area contributed by atoms with Crippen LogP contribution in [0, 0.1) is 24.2 Å². The summed E-state index contributed by atoms with van der Waals surface area (Å²) in [5.74, 6) is 4.16. The number of terminal acetylenes is 1. The third-order valence-corrected chi connectivity index (χ3v) is 12.7. The van der Waals surface area contributed by atoms with Crippen molar-refractivity contribution in [1.29, 1.82) is 0 Å². The third-order valence-electron chi connectivity index (χ3n) is 12.7. The maximum atomic E-state index is 14.1. The molecule has 1 saturated heterocycles. The molecule has 2 aliphatic carbocycles. The Labute approximate surface area is 366 Å². The SMILES string of the molecule is C#CCCN(Cc1ncc(-c2ccc3c(c2)COc2cc4c(cc2-3)CCc2[nH]c(C3CCCN3C(=O)C(NC(=O)OC)C(C)C)nc2-4)[nH]1)C(=O)C(NC(=O)C1CC1)c1ccccc1. The predicted molar refractivity (Wildman–Crippen MR) is 236 cm³/mol. The smallest absolute Gasteiger partial charge is 0.407 e. The number of fused-ring (bicyclic) bond motifs is 6. The molecule has 1 saturated carbocycles. The maximum absolute atomic E-state index is 14.1. The summed E-state index contributed by atoms with van der Waals surface area (Å²) in [6.07, 6.45) is 12.1. The highest BCUT2D eigenvalue weighted by atomic mass is 16.5. The standard InChI is InChI=1S/C49H52N8O6/c1-5-6-20-56(47(59)43(29-11-8-7-9-12-29)54-46(58)30-14-15-30)26-41-50-25-38(51-41)32-16-18-34-33(22-32)27-63-40-24-35-31(23-36(34)40)17-19-37-44(35)53-45(52-37)39-13-10-21-57(39)48(60)42(28(2)3)55-49(61)62-4/h1,7-9,11-12,16,18,22-25,28,30,39,42-43H,6,10,13-15,17,19-21,26-27H2,2-4H3,(H,50,51)(H,52,53)(H,54,58)(H,55,61). The third kappa shape index (κ3) is 8.39. The number of aryl methyl sites for hydroxylation is 2. The van der Waals surface area contributed by atoms with Crippen molar-refractivity contribution in [3.63, 3.8) is 0 Å². The van der Waals surface area contributed by atoms with E-state index in [0.29, 0.717) is 31.9 Å². The number of nitrogens with one attached hydrogen (secondary N) is 4. The fraction of sp³-hybridized carbons (Fsp3) is 0.388. The van der Waals surface area contributed by atoms with E-state index in [1.54, 1.807) is 11.1 Å². The Morgan fingerprint density at radius 2 is 1.81 bits per heavy atom. The number of carbonyl (C=O) groups is 4. The number of amides is 4. The molecule has 4 N–H and O–H groups in total. The first-order valence-electron chi connectivity index (χ1n) is 21.9. The van der Waals surface area contributed by atoms with Gasteiger partial charge in [0.05, 0.1) is 37.3 Å². The van der Waals surface area contributed by atoms with Crippen LogP contribution in [0.1, 0.15) is 92.1 Å². The summed E-state index contributed by atoms with van der Waals surface area (Å²) in [5, 5.41) is 5.73. The van der Waals surface area contributed by atoms with Crippen molar-refractivity contribution in [3.05, 3.63) is 101 Å². The van der Waals surface area contributed by atoms with Gasteiger partial charge in [-0.25, -0.2) is 14.8 Å². The van der Waals surface area contributed by atoms with Crippen LogP contribution in [0.3, 0.4) is 0 Å². The van der Waals surface area contributed by atoms with Gasteiger partial charge in [-0.1, -0.05) is 56.3 Å². The Morgan fingerprint density at radius 3 is 2.57 bits per heavy atom. The second-order valence-electron chi connectivity index (χ2n) is 17.2. The number of benzene rings is 3. The molecular formula is C49H52N8O6. The van der Waals surface area contributed by atoms with Gasteiger partial charge in [0, 0.05) is 42.2 Å². The first-order valence-corrected chi connectivity index (χ1v) is 21.9. The van der Waals surface area contributed by atoms with Crippen LogP contribution < -0.4 is 15.4 Å². The summed E-state index contributed by atoms with van der Waals surface area (Å²) >= 11 is 0. The molecule has 3 atom stereocenters. The molecule has 14 heteroatoms. The molecule has 4 amide bonds. The molecule has 9 rings (SSSR count). The zero-order valence-electron chi connectivity index (χ0n) is 35.8. The van der Waals surface area contributed by atoms with Gasteiger partial charge in [-0.05, 0) is 90.5 Å². The van der Waals surface area contributed by atoms with Gasteiger partial charge in [0.1, 0.15) is 36.1 Å². The van der Waals surface area contributed by atoms with Gasteiger partial charge in [0.15, 0.2) is 0 Å². The normalized spacial score (nSPS) is 16.9. The molecule has 0 radical (unpaired) electrons. The molecule has 2 aliphatic heterocycles. The van der Waals surface area contributed by atoms with Gasteiger partial charge in [-0.3, -0.25) is 14.4 Å². The first-order chi connectivity index (χ1) is 30.6. The Hall–Kier alpha value is -6.88. The van der Waals surface area contributed by atoms with Crippen LogP contribution in [0.2, 0.25) is 0 Å². The molecule has 4 aliphatic rings. The number of methoxy groups -OCH3 is 1. The number of likely N-dealkylation sites (tertiary alicyclic amines) is 1. The number of alkyl carbamates (subject to hydrolysis) is 1. The van der Waals surface area contributed by atoms with E-state index >= 15 is 0 Å². The van der Waals surface area contributed by atoms with Crippen molar-refractivity contribution in [2.75, 3.05) is 20.2 Å². The number of carbonyl (C=O) groups excluding carboxylic acids is 4. The van der Waals surface area contributed by atoms with Crippen molar-refractivity contribution in [1.82, 2.24) is 40.4 Å². The fourth-order valence-corrected chi connectivity index (χ4v) is 9.08. The molecule has 14 nitrogen and oxygen atoms in total. The van der Waals surface area contributed by atoms with E-state index in [4.69, 9.17) is 20.9 Å². The van der Waals surface area contributed by atoms with Crippen LogP contribution in [0.4, 0.5) is 4.79 Å². The lowest BCUT2D eigenvalue weighted by Gasteiger charge is -2.30. The van der Waals surface area contributed by atoms with Crippen molar-refractivity contribution in [2.24, 2.45) is 11.8 Å².